The monoisotopic (exact) mass is 343 g/mol. The minimum absolute atomic E-state index is 0.244. The zero-order chi connectivity index (χ0) is 13.9. The number of halogens is 1. The predicted octanol–water partition coefficient (Wildman–Crippen LogP) is 2.75. The second kappa shape index (κ2) is 6.21. The standard InChI is InChI=1S/C15H18ClNOSe/c1-11-6-7-12(9-13(11)18)15(2,16)10-19-14-5-3-4-8-17-14/h3-6,8,12H,7,9-10H2,1-2H3. The van der Waals surface area contributed by atoms with Crippen LogP contribution in [0.5, 0.6) is 0 Å². The van der Waals surface area contributed by atoms with E-state index in [1.807, 2.05) is 37.4 Å². The molecule has 4 heteroatoms. The SMILES string of the molecule is CC1=CCC(C(C)(Cl)C[Se]c2ccccn2)CC1=O. The van der Waals surface area contributed by atoms with Gasteiger partial charge in [0.1, 0.15) is 0 Å². The molecule has 0 saturated carbocycles. The molecule has 1 aliphatic carbocycles. The molecule has 0 amide bonds. The van der Waals surface area contributed by atoms with Crippen molar-refractivity contribution in [3.8, 4) is 0 Å². The molecule has 1 aromatic heterocycles. The third-order valence-electron chi connectivity index (χ3n) is 3.57. The maximum atomic E-state index is 11.8. The normalized spacial score (nSPS) is 22.8. The van der Waals surface area contributed by atoms with E-state index in [4.69, 9.17) is 11.6 Å². The third-order valence-corrected chi connectivity index (χ3v) is 7.06. The summed E-state index contributed by atoms with van der Waals surface area (Å²) in [6.45, 7) is 3.95. The first kappa shape index (κ1) is 14.8. The van der Waals surface area contributed by atoms with Gasteiger partial charge in [0.15, 0.2) is 0 Å². The fourth-order valence-corrected chi connectivity index (χ4v) is 4.62. The number of hydrogen-bond acceptors (Lipinski definition) is 2. The van der Waals surface area contributed by atoms with E-state index in [2.05, 4.69) is 11.9 Å². The van der Waals surface area contributed by atoms with E-state index < -0.39 is 0 Å². The van der Waals surface area contributed by atoms with E-state index in [0.717, 1.165) is 21.9 Å². The third kappa shape index (κ3) is 3.92. The zero-order valence-electron chi connectivity index (χ0n) is 11.2. The molecule has 0 spiro atoms. The van der Waals surface area contributed by atoms with Crippen LogP contribution in [-0.4, -0.2) is 30.6 Å². The number of hydrogen-bond donors (Lipinski definition) is 0. The van der Waals surface area contributed by atoms with Crippen LogP contribution in [0.3, 0.4) is 0 Å². The van der Waals surface area contributed by atoms with Gasteiger partial charge < -0.3 is 0 Å². The molecular weight excluding hydrogens is 325 g/mol. The van der Waals surface area contributed by atoms with Crippen LogP contribution in [0.25, 0.3) is 0 Å². The van der Waals surface area contributed by atoms with Gasteiger partial charge in [-0.15, -0.1) is 0 Å². The van der Waals surface area contributed by atoms with Crippen molar-refractivity contribution in [2.75, 3.05) is 0 Å². The molecule has 1 aliphatic rings. The van der Waals surface area contributed by atoms with Crippen molar-refractivity contribution < 1.29 is 4.79 Å². The number of alkyl halides is 1. The number of nitrogens with zero attached hydrogens (tertiary/aromatic N) is 1. The molecule has 0 bridgehead atoms. The zero-order valence-corrected chi connectivity index (χ0v) is 13.7. The van der Waals surface area contributed by atoms with Crippen molar-refractivity contribution in [2.24, 2.45) is 5.92 Å². The van der Waals surface area contributed by atoms with E-state index in [1.54, 1.807) is 0 Å². The Balaban J connectivity index is 1.97. The summed E-state index contributed by atoms with van der Waals surface area (Å²) in [4.78, 5) is 15.8. The summed E-state index contributed by atoms with van der Waals surface area (Å²) in [5, 5.41) is 0.906. The molecule has 0 radical (unpaired) electrons. The molecule has 0 aromatic carbocycles. The topological polar surface area (TPSA) is 30.0 Å². The van der Waals surface area contributed by atoms with Gasteiger partial charge in [-0.3, -0.25) is 0 Å². The van der Waals surface area contributed by atoms with Crippen molar-refractivity contribution in [3.63, 3.8) is 0 Å². The molecule has 19 heavy (non-hydrogen) atoms. The molecule has 0 saturated heterocycles. The number of Topliss-reactive ketones (excluding diaryl/α,β-unsaturated/α-hetero) is 1. The van der Waals surface area contributed by atoms with Crippen LogP contribution in [0.4, 0.5) is 0 Å². The van der Waals surface area contributed by atoms with Crippen LogP contribution in [0, 0.1) is 5.92 Å². The number of carbonyl (C=O) groups is 1. The summed E-state index contributed by atoms with van der Waals surface area (Å²) in [6.07, 6.45) is 5.35. The van der Waals surface area contributed by atoms with E-state index in [1.165, 1.54) is 0 Å². The Bertz CT molecular complexity index is 484. The van der Waals surface area contributed by atoms with Crippen LogP contribution in [-0.2, 0) is 4.79 Å². The Morgan fingerprint density at radius 1 is 1.53 bits per heavy atom. The van der Waals surface area contributed by atoms with Crippen molar-refractivity contribution in [1.82, 2.24) is 4.98 Å². The number of ketones is 1. The fraction of sp³-hybridized carbons (Fsp3) is 0.467. The Hall–Kier alpha value is -0.631. The first-order chi connectivity index (χ1) is 8.99. The van der Waals surface area contributed by atoms with Gasteiger partial charge in [-0.1, -0.05) is 0 Å². The molecule has 0 aliphatic heterocycles. The molecule has 0 N–H and O–H groups in total. The predicted molar refractivity (Wildman–Crippen MR) is 80.2 cm³/mol. The second-order valence-electron chi connectivity index (χ2n) is 5.18. The van der Waals surface area contributed by atoms with Gasteiger partial charge in [0.05, 0.1) is 0 Å². The molecule has 2 nitrogen and oxygen atoms in total. The summed E-state index contributed by atoms with van der Waals surface area (Å²) in [5.41, 5.74) is 0.888. The molecule has 1 aromatic rings. The van der Waals surface area contributed by atoms with Crippen molar-refractivity contribution in [1.29, 1.82) is 0 Å². The van der Waals surface area contributed by atoms with Gasteiger partial charge >= 0.3 is 126 Å². The first-order valence-corrected chi connectivity index (χ1v) is 8.86. The summed E-state index contributed by atoms with van der Waals surface area (Å²) in [5.74, 6) is 0.490. The van der Waals surface area contributed by atoms with Crippen molar-refractivity contribution in [2.45, 2.75) is 36.9 Å². The Kier molecular flexibility index (Phi) is 4.83. The van der Waals surface area contributed by atoms with Gasteiger partial charge in [-0.2, -0.15) is 0 Å². The van der Waals surface area contributed by atoms with Crippen LogP contribution in [0.1, 0.15) is 26.7 Å². The Morgan fingerprint density at radius 2 is 2.32 bits per heavy atom. The van der Waals surface area contributed by atoms with Crippen LogP contribution >= 0.6 is 11.6 Å². The van der Waals surface area contributed by atoms with E-state index >= 15 is 0 Å². The van der Waals surface area contributed by atoms with E-state index in [0.29, 0.717) is 6.42 Å². The number of allylic oxidation sites excluding steroid dienone is 2. The number of rotatable bonds is 4. The van der Waals surface area contributed by atoms with Gasteiger partial charge in [0, 0.05) is 0 Å². The summed E-state index contributed by atoms with van der Waals surface area (Å²) in [6, 6.07) is 5.97. The number of aromatic nitrogens is 1. The first-order valence-electron chi connectivity index (χ1n) is 6.42. The van der Waals surface area contributed by atoms with Crippen LogP contribution in [0.15, 0.2) is 36.0 Å². The number of pyridine rings is 1. The number of carbonyl (C=O) groups excluding carboxylic acids is 1. The van der Waals surface area contributed by atoms with Crippen molar-refractivity contribution >= 4 is 36.9 Å². The molecule has 2 unspecified atom stereocenters. The Morgan fingerprint density at radius 3 is 2.95 bits per heavy atom. The summed E-state index contributed by atoms with van der Waals surface area (Å²) in [7, 11) is 0. The molecular formula is C15H18ClNOSe. The van der Waals surface area contributed by atoms with Gasteiger partial charge in [-0.05, 0) is 0 Å². The van der Waals surface area contributed by atoms with Crippen LogP contribution in [0.2, 0.25) is 5.32 Å². The average molecular weight is 343 g/mol. The average Bonchev–Trinajstić information content (AvgIpc) is 2.41. The molecule has 102 valence electrons. The van der Waals surface area contributed by atoms with E-state index in [9.17, 15) is 4.79 Å². The molecule has 0 fully saturated rings. The molecule has 1 heterocycles. The molecule has 2 rings (SSSR count). The van der Waals surface area contributed by atoms with Gasteiger partial charge in [-0.25, -0.2) is 0 Å². The Labute approximate surface area is 125 Å². The van der Waals surface area contributed by atoms with Gasteiger partial charge in [0.25, 0.3) is 0 Å². The minimum atomic E-state index is -0.315. The summed E-state index contributed by atoms with van der Waals surface area (Å²) < 4.78 is 1.12. The summed E-state index contributed by atoms with van der Waals surface area (Å²) >= 11 is 6.95. The van der Waals surface area contributed by atoms with Crippen molar-refractivity contribution in [3.05, 3.63) is 36.0 Å². The van der Waals surface area contributed by atoms with E-state index in [-0.39, 0.29) is 31.5 Å². The van der Waals surface area contributed by atoms with Gasteiger partial charge in [0.2, 0.25) is 0 Å². The molecule has 2 atom stereocenters. The second-order valence-corrected chi connectivity index (χ2v) is 8.13. The van der Waals surface area contributed by atoms with Crippen LogP contribution < -0.4 is 4.59 Å². The fourth-order valence-electron chi connectivity index (χ4n) is 2.12. The quantitative estimate of drug-likeness (QED) is 0.622. The maximum absolute atomic E-state index is 11.8.